The molecule has 94 valence electrons. The zero-order chi connectivity index (χ0) is 11.8. The predicted octanol–water partition coefficient (Wildman–Crippen LogP) is 0.917. The van der Waals surface area contributed by atoms with Crippen molar-refractivity contribution in [3.8, 4) is 0 Å². The summed E-state index contributed by atoms with van der Waals surface area (Å²) in [5.41, 5.74) is 0. The van der Waals surface area contributed by atoms with E-state index in [0.717, 1.165) is 19.5 Å². The first kappa shape index (κ1) is 13.5. The van der Waals surface area contributed by atoms with E-state index in [9.17, 15) is 4.79 Å². The second kappa shape index (κ2) is 7.63. The lowest BCUT2D eigenvalue weighted by atomic mass is 10.1. The molecule has 1 fully saturated rings. The maximum Gasteiger partial charge on any atom is 0.220 e. The van der Waals surface area contributed by atoms with Crippen LogP contribution in [0.5, 0.6) is 0 Å². The summed E-state index contributed by atoms with van der Waals surface area (Å²) < 4.78 is 5.00. The standard InChI is InChI=1S/C12H24N2O2/c1-10(9-16-2)8-12(15)14-7-5-11-4-3-6-13-11/h10-11,13H,3-9H2,1-2H3,(H,14,15). The highest BCUT2D eigenvalue weighted by Crippen LogP contribution is 2.07. The normalized spacial score (nSPS) is 22.0. The molecular formula is C12H24N2O2. The van der Waals surface area contributed by atoms with Gasteiger partial charge in [0.15, 0.2) is 0 Å². The smallest absolute Gasteiger partial charge is 0.220 e. The summed E-state index contributed by atoms with van der Waals surface area (Å²) >= 11 is 0. The van der Waals surface area contributed by atoms with Crippen molar-refractivity contribution in [1.29, 1.82) is 0 Å². The van der Waals surface area contributed by atoms with E-state index in [2.05, 4.69) is 10.6 Å². The average Bonchev–Trinajstić information content (AvgIpc) is 2.70. The molecule has 1 aliphatic heterocycles. The first-order chi connectivity index (χ1) is 7.72. The van der Waals surface area contributed by atoms with Gasteiger partial charge in [-0.05, 0) is 31.7 Å². The maximum absolute atomic E-state index is 11.5. The van der Waals surface area contributed by atoms with Gasteiger partial charge in [0.2, 0.25) is 5.91 Å². The molecule has 0 saturated carbocycles. The van der Waals surface area contributed by atoms with Crippen molar-refractivity contribution in [3.63, 3.8) is 0 Å². The van der Waals surface area contributed by atoms with Crippen LogP contribution in [0.25, 0.3) is 0 Å². The fraction of sp³-hybridized carbons (Fsp3) is 0.917. The number of carbonyl (C=O) groups is 1. The highest BCUT2D eigenvalue weighted by atomic mass is 16.5. The largest absolute Gasteiger partial charge is 0.384 e. The Morgan fingerprint density at radius 1 is 1.62 bits per heavy atom. The van der Waals surface area contributed by atoms with E-state index in [1.165, 1.54) is 12.8 Å². The number of amides is 1. The van der Waals surface area contributed by atoms with Gasteiger partial charge in [-0.1, -0.05) is 6.92 Å². The van der Waals surface area contributed by atoms with Gasteiger partial charge in [-0.2, -0.15) is 0 Å². The molecule has 0 aliphatic carbocycles. The van der Waals surface area contributed by atoms with Gasteiger partial charge < -0.3 is 15.4 Å². The summed E-state index contributed by atoms with van der Waals surface area (Å²) in [5, 5.41) is 6.38. The Hall–Kier alpha value is -0.610. The Labute approximate surface area is 98.1 Å². The number of carbonyl (C=O) groups excluding carboxylic acids is 1. The second-order valence-electron chi connectivity index (χ2n) is 4.70. The van der Waals surface area contributed by atoms with Crippen LogP contribution in [0, 0.1) is 5.92 Å². The van der Waals surface area contributed by atoms with E-state index in [-0.39, 0.29) is 5.91 Å². The van der Waals surface area contributed by atoms with Gasteiger partial charge in [-0.25, -0.2) is 0 Å². The monoisotopic (exact) mass is 228 g/mol. The van der Waals surface area contributed by atoms with E-state index in [1.807, 2.05) is 6.92 Å². The third-order valence-corrected chi connectivity index (χ3v) is 2.96. The Morgan fingerprint density at radius 2 is 2.44 bits per heavy atom. The Morgan fingerprint density at radius 3 is 3.06 bits per heavy atom. The molecule has 0 aromatic carbocycles. The van der Waals surface area contributed by atoms with E-state index in [1.54, 1.807) is 7.11 Å². The topological polar surface area (TPSA) is 50.4 Å². The highest BCUT2D eigenvalue weighted by Gasteiger charge is 2.14. The maximum atomic E-state index is 11.5. The SMILES string of the molecule is COCC(C)CC(=O)NCCC1CCCN1. The van der Waals surface area contributed by atoms with Gasteiger partial charge in [-0.15, -0.1) is 0 Å². The van der Waals surface area contributed by atoms with Gasteiger partial charge in [0, 0.05) is 32.7 Å². The zero-order valence-electron chi connectivity index (χ0n) is 10.4. The summed E-state index contributed by atoms with van der Waals surface area (Å²) in [7, 11) is 1.67. The van der Waals surface area contributed by atoms with Crippen LogP contribution < -0.4 is 10.6 Å². The van der Waals surface area contributed by atoms with Crippen LogP contribution in [-0.2, 0) is 9.53 Å². The fourth-order valence-corrected chi connectivity index (χ4v) is 2.12. The third-order valence-electron chi connectivity index (χ3n) is 2.96. The highest BCUT2D eigenvalue weighted by molar-refractivity contribution is 5.76. The number of hydrogen-bond acceptors (Lipinski definition) is 3. The van der Waals surface area contributed by atoms with E-state index < -0.39 is 0 Å². The average molecular weight is 228 g/mol. The minimum Gasteiger partial charge on any atom is -0.384 e. The molecule has 0 radical (unpaired) electrons. The van der Waals surface area contributed by atoms with Crippen LogP contribution in [0.2, 0.25) is 0 Å². The number of ether oxygens (including phenoxy) is 1. The lowest BCUT2D eigenvalue weighted by molar-refractivity contribution is -0.122. The van der Waals surface area contributed by atoms with Crippen molar-refractivity contribution < 1.29 is 9.53 Å². The van der Waals surface area contributed by atoms with Crippen molar-refractivity contribution >= 4 is 5.91 Å². The van der Waals surface area contributed by atoms with Gasteiger partial charge >= 0.3 is 0 Å². The summed E-state index contributed by atoms with van der Waals surface area (Å²) in [4.78, 5) is 11.5. The molecule has 1 saturated heterocycles. The first-order valence-corrected chi connectivity index (χ1v) is 6.21. The van der Waals surface area contributed by atoms with Crippen LogP contribution in [0.15, 0.2) is 0 Å². The van der Waals surface area contributed by atoms with Crippen molar-refractivity contribution in [2.75, 3.05) is 26.8 Å². The van der Waals surface area contributed by atoms with Gasteiger partial charge in [0.1, 0.15) is 0 Å². The Kier molecular flexibility index (Phi) is 6.42. The molecule has 0 aromatic heterocycles. The van der Waals surface area contributed by atoms with Crippen LogP contribution in [-0.4, -0.2) is 38.8 Å². The summed E-state index contributed by atoms with van der Waals surface area (Å²) in [6.45, 7) is 4.60. The number of rotatable bonds is 7. The molecule has 1 aliphatic rings. The summed E-state index contributed by atoms with van der Waals surface area (Å²) in [6.07, 6.45) is 4.12. The number of nitrogens with one attached hydrogen (secondary N) is 2. The first-order valence-electron chi connectivity index (χ1n) is 6.21. The van der Waals surface area contributed by atoms with Crippen molar-refractivity contribution in [1.82, 2.24) is 10.6 Å². The molecule has 0 aromatic rings. The minimum atomic E-state index is 0.141. The van der Waals surface area contributed by atoms with Crippen LogP contribution in [0.3, 0.4) is 0 Å². The quantitative estimate of drug-likeness (QED) is 0.681. The predicted molar refractivity (Wildman–Crippen MR) is 64.3 cm³/mol. The zero-order valence-corrected chi connectivity index (χ0v) is 10.4. The number of hydrogen-bond donors (Lipinski definition) is 2. The molecule has 1 amide bonds. The van der Waals surface area contributed by atoms with E-state index >= 15 is 0 Å². The molecule has 2 unspecified atom stereocenters. The molecule has 4 heteroatoms. The van der Waals surface area contributed by atoms with Crippen molar-refractivity contribution in [3.05, 3.63) is 0 Å². The number of methoxy groups -OCH3 is 1. The van der Waals surface area contributed by atoms with Crippen LogP contribution in [0.1, 0.15) is 32.6 Å². The molecule has 2 N–H and O–H groups in total. The molecule has 0 bridgehead atoms. The molecular weight excluding hydrogens is 204 g/mol. The summed E-state index contributed by atoms with van der Waals surface area (Å²) in [6, 6.07) is 0.608. The molecule has 1 heterocycles. The van der Waals surface area contributed by atoms with Gasteiger partial charge in [0.25, 0.3) is 0 Å². The molecule has 16 heavy (non-hydrogen) atoms. The van der Waals surface area contributed by atoms with E-state index in [0.29, 0.717) is 25.0 Å². The minimum absolute atomic E-state index is 0.141. The van der Waals surface area contributed by atoms with Crippen molar-refractivity contribution in [2.24, 2.45) is 5.92 Å². The third kappa shape index (κ3) is 5.47. The molecule has 2 atom stereocenters. The fourth-order valence-electron chi connectivity index (χ4n) is 2.12. The lowest BCUT2D eigenvalue weighted by Gasteiger charge is -2.12. The van der Waals surface area contributed by atoms with E-state index in [4.69, 9.17) is 4.74 Å². The Balaban J connectivity index is 2.01. The second-order valence-corrected chi connectivity index (χ2v) is 4.70. The summed E-state index contributed by atoms with van der Waals surface area (Å²) in [5.74, 6) is 0.442. The van der Waals surface area contributed by atoms with Gasteiger partial charge in [-0.3, -0.25) is 4.79 Å². The van der Waals surface area contributed by atoms with Crippen molar-refractivity contribution in [2.45, 2.75) is 38.6 Å². The lowest BCUT2D eigenvalue weighted by Crippen LogP contribution is -2.31. The molecule has 4 nitrogen and oxygen atoms in total. The van der Waals surface area contributed by atoms with Crippen LogP contribution >= 0.6 is 0 Å². The van der Waals surface area contributed by atoms with Gasteiger partial charge in [0.05, 0.1) is 0 Å². The molecule has 0 spiro atoms. The Bertz CT molecular complexity index is 203. The molecule has 1 rings (SSSR count). The van der Waals surface area contributed by atoms with Crippen LogP contribution in [0.4, 0.5) is 0 Å².